The van der Waals surface area contributed by atoms with Crippen molar-refractivity contribution in [3.8, 4) is 0 Å². The van der Waals surface area contributed by atoms with Crippen LogP contribution in [0.2, 0.25) is 0 Å². The fourth-order valence-electron chi connectivity index (χ4n) is 1.29. The molecular weight excluding hydrogens is 154 g/mol. The zero-order chi connectivity index (χ0) is 8.10. The molecule has 0 aliphatic heterocycles. The van der Waals surface area contributed by atoms with Crippen LogP contribution in [0.1, 0.15) is 44.0 Å². The van der Waals surface area contributed by atoms with Gasteiger partial charge in [-0.1, -0.05) is 20.3 Å². The van der Waals surface area contributed by atoms with E-state index < -0.39 is 0 Å². The van der Waals surface area contributed by atoms with Crippen molar-refractivity contribution in [2.75, 3.05) is 0 Å². The molecule has 1 nitrogen and oxygen atoms in total. The monoisotopic (exact) mass is 169 g/mol. The first kappa shape index (κ1) is 8.72. The van der Waals surface area contributed by atoms with E-state index in [1.54, 1.807) is 11.3 Å². The van der Waals surface area contributed by atoms with Gasteiger partial charge in [0.05, 0.1) is 5.01 Å². The summed E-state index contributed by atoms with van der Waals surface area (Å²) in [6.45, 7) is 4.47. The highest BCUT2D eigenvalue weighted by molar-refractivity contribution is 7.09. The molecule has 0 fully saturated rings. The van der Waals surface area contributed by atoms with Crippen molar-refractivity contribution >= 4 is 11.3 Å². The molecule has 0 saturated heterocycles. The van der Waals surface area contributed by atoms with Crippen LogP contribution in [-0.2, 0) is 0 Å². The molecule has 1 aromatic rings. The summed E-state index contributed by atoms with van der Waals surface area (Å²) in [5, 5.41) is 3.38. The van der Waals surface area contributed by atoms with Gasteiger partial charge in [-0.15, -0.1) is 11.3 Å². The van der Waals surface area contributed by atoms with Gasteiger partial charge >= 0.3 is 0 Å². The largest absolute Gasteiger partial charge is 0.249 e. The lowest BCUT2D eigenvalue weighted by Gasteiger charge is -2.08. The molecule has 62 valence electrons. The lowest BCUT2D eigenvalue weighted by Crippen LogP contribution is -1.94. The standard InChI is InChI=1S/C9H15NS/c1-3-5-8(4-2)9-10-6-7-11-9/h6-8H,3-5H2,1-2H3. The van der Waals surface area contributed by atoms with Crippen molar-refractivity contribution in [1.82, 2.24) is 4.98 Å². The average molecular weight is 169 g/mol. The Morgan fingerprint density at radius 2 is 2.36 bits per heavy atom. The molecule has 1 unspecified atom stereocenters. The van der Waals surface area contributed by atoms with Gasteiger partial charge in [-0.3, -0.25) is 0 Å². The fourth-order valence-corrected chi connectivity index (χ4v) is 2.15. The Hall–Kier alpha value is -0.370. The zero-order valence-corrected chi connectivity index (χ0v) is 8.03. The van der Waals surface area contributed by atoms with Gasteiger partial charge in [-0.25, -0.2) is 4.98 Å². The van der Waals surface area contributed by atoms with E-state index in [9.17, 15) is 0 Å². The van der Waals surface area contributed by atoms with E-state index in [0.29, 0.717) is 5.92 Å². The average Bonchev–Trinajstić information content (AvgIpc) is 2.52. The molecule has 0 spiro atoms. The number of thiazole rings is 1. The summed E-state index contributed by atoms with van der Waals surface area (Å²) in [5.74, 6) is 0.708. The second kappa shape index (κ2) is 4.50. The summed E-state index contributed by atoms with van der Waals surface area (Å²) in [6.07, 6.45) is 5.67. The number of nitrogens with zero attached hydrogens (tertiary/aromatic N) is 1. The summed E-state index contributed by atoms with van der Waals surface area (Å²) in [7, 11) is 0. The van der Waals surface area contributed by atoms with E-state index in [-0.39, 0.29) is 0 Å². The highest BCUT2D eigenvalue weighted by atomic mass is 32.1. The van der Waals surface area contributed by atoms with E-state index >= 15 is 0 Å². The molecule has 1 rings (SSSR count). The smallest absolute Gasteiger partial charge is 0.0955 e. The molecule has 0 aliphatic rings. The van der Waals surface area contributed by atoms with E-state index in [0.717, 1.165) is 0 Å². The third kappa shape index (κ3) is 2.29. The first-order chi connectivity index (χ1) is 5.38. The van der Waals surface area contributed by atoms with E-state index in [1.807, 2.05) is 6.20 Å². The van der Waals surface area contributed by atoms with Gasteiger partial charge in [0, 0.05) is 17.5 Å². The van der Waals surface area contributed by atoms with Crippen LogP contribution in [0.3, 0.4) is 0 Å². The maximum Gasteiger partial charge on any atom is 0.0955 e. The van der Waals surface area contributed by atoms with E-state index in [2.05, 4.69) is 24.2 Å². The third-order valence-electron chi connectivity index (χ3n) is 1.93. The summed E-state index contributed by atoms with van der Waals surface area (Å²) < 4.78 is 0. The fraction of sp³-hybridized carbons (Fsp3) is 0.667. The Morgan fingerprint density at radius 1 is 1.55 bits per heavy atom. The second-order valence-corrected chi connectivity index (χ2v) is 3.69. The first-order valence-electron chi connectivity index (χ1n) is 4.27. The minimum absolute atomic E-state index is 0.708. The maximum atomic E-state index is 4.32. The van der Waals surface area contributed by atoms with Crippen LogP contribution >= 0.6 is 11.3 Å². The SMILES string of the molecule is CCCC(CC)c1nccs1. The molecule has 0 saturated carbocycles. The molecule has 0 radical (unpaired) electrons. The molecule has 0 amide bonds. The van der Waals surface area contributed by atoms with Crippen LogP contribution < -0.4 is 0 Å². The molecule has 2 heteroatoms. The van der Waals surface area contributed by atoms with Crippen LogP contribution in [0.25, 0.3) is 0 Å². The van der Waals surface area contributed by atoms with E-state index in [4.69, 9.17) is 0 Å². The van der Waals surface area contributed by atoms with Gasteiger partial charge in [-0.2, -0.15) is 0 Å². The summed E-state index contributed by atoms with van der Waals surface area (Å²) >= 11 is 1.78. The normalized spacial score (nSPS) is 13.3. The van der Waals surface area contributed by atoms with Gasteiger partial charge in [0.15, 0.2) is 0 Å². The van der Waals surface area contributed by atoms with Crippen molar-refractivity contribution < 1.29 is 0 Å². The Kier molecular flexibility index (Phi) is 3.57. The van der Waals surface area contributed by atoms with Gasteiger partial charge in [0.2, 0.25) is 0 Å². The number of hydrogen-bond acceptors (Lipinski definition) is 2. The quantitative estimate of drug-likeness (QED) is 0.673. The number of rotatable bonds is 4. The molecule has 0 bridgehead atoms. The van der Waals surface area contributed by atoms with Crippen LogP contribution in [0.15, 0.2) is 11.6 Å². The highest BCUT2D eigenvalue weighted by Crippen LogP contribution is 2.25. The summed E-state index contributed by atoms with van der Waals surface area (Å²) in [4.78, 5) is 4.32. The minimum Gasteiger partial charge on any atom is -0.249 e. The zero-order valence-electron chi connectivity index (χ0n) is 7.21. The molecule has 0 N–H and O–H groups in total. The van der Waals surface area contributed by atoms with Crippen LogP contribution in [0.5, 0.6) is 0 Å². The molecule has 1 atom stereocenters. The molecule has 1 heterocycles. The van der Waals surface area contributed by atoms with Gasteiger partial charge in [-0.05, 0) is 12.8 Å². The topological polar surface area (TPSA) is 12.9 Å². The maximum absolute atomic E-state index is 4.32. The predicted molar refractivity (Wildman–Crippen MR) is 50.1 cm³/mol. The highest BCUT2D eigenvalue weighted by Gasteiger charge is 2.09. The lowest BCUT2D eigenvalue weighted by atomic mass is 10.0. The van der Waals surface area contributed by atoms with Gasteiger partial charge in [0.25, 0.3) is 0 Å². The minimum atomic E-state index is 0.708. The van der Waals surface area contributed by atoms with Crippen LogP contribution in [-0.4, -0.2) is 4.98 Å². The van der Waals surface area contributed by atoms with Crippen molar-refractivity contribution in [3.05, 3.63) is 16.6 Å². The van der Waals surface area contributed by atoms with Crippen molar-refractivity contribution in [3.63, 3.8) is 0 Å². The van der Waals surface area contributed by atoms with Crippen molar-refractivity contribution in [2.45, 2.75) is 39.0 Å². The molecule has 1 aromatic heterocycles. The Balaban J connectivity index is 2.56. The van der Waals surface area contributed by atoms with E-state index in [1.165, 1.54) is 24.3 Å². The molecule has 0 aromatic carbocycles. The molecule has 11 heavy (non-hydrogen) atoms. The van der Waals surface area contributed by atoms with Crippen molar-refractivity contribution in [1.29, 1.82) is 0 Å². The van der Waals surface area contributed by atoms with Gasteiger partial charge < -0.3 is 0 Å². The Bertz CT molecular complexity index is 181. The van der Waals surface area contributed by atoms with Crippen LogP contribution in [0, 0.1) is 0 Å². The third-order valence-corrected chi connectivity index (χ3v) is 2.87. The molecule has 0 aliphatic carbocycles. The number of hydrogen-bond donors (Lipinski definition) is 0. The van der Waals surface area contributed by atoms with Gasteiger partial charge in [0.1, 0.15) is 0 Å². The second-order valence-electron chi connectivity index (χ2n) is 2.76. The Labute approximate surface area is 72.5 Å². The predicted octanol–water partition coefficient (Wildman–Crippen LogP) is 3.44. The lowest BCUT2D eigenvalue weighted by molar-refractivity contribution is 0.592. The Morgan fingerprint density at radius 3 is 2.82 bits per heavy atom. The molecular formula is C9H15NS. The summed E-state index contributed by atoms with van der Waals surface area (Å²) in [6, 6.07) is 0. The van der Waals surface area contributed by atoms with Crippen molar-refractivity contribution in [2.24, 2.45) is 0 Å². The first-order valence-corrected chi connectivity index (χ1v) is 5.15. The van der Waals surface area contributed by atoms with Crippen LogP contribution in [0.4, 0.5) is 0 Å². The summed E-state index contributed by atoms with van der Waals surface area (Å²) in [5.41, 5.74) is 0. The number of aromatic nitrogens is 1.